The third-order valence-electron chi connectivity index (χ3n) is 3.73. The van der Waals surface area contributed by atoms with Crippen molar-refractivity contribution in [3.8, 4) is 0 Å². The van der Waals surface area contributed by atoms with Crippen molar-refractivity contribution in [2.75, 3.05) is 18.9 Å². The number of benzene rings is 1. The van der Waals surface area contributed by atoms with Crippen molar-refractivity contribution in [3.63, 3.8) is 0 Å². The molecule has 0 saturated heterocycles. The molecule has 2 rings (SSSR count). The van der Waals surface area contributed by atoms with Gasteiger partial charge in [0.25, 0.3) is 5.91 Å². The molecule has 1 aromatic carbocycles. The number of halogens is 2. The van der Waals surface area contributed by atoms with Crippen LogP contribution in [-0.4, -0.2) is 40.6 Å². The highest BCUT2D eigenvalue weighted by atomic mass is 35.5. The number of likely N-dealkylation sites (N-methyl/N-ethyl adjacent to an activating group) is 1. The molecule has 0 saturated carbocycles. The van der Waals surface area contributed by atoms with Crippen molar-refractivity contribution in [1.82, 2.24) is 15.4 Å². The molecule has 1 atom stereocenters. The van der Waals surface area contributed by atoms with Gasteiger partial charge in [0, 0.05) is 36.4 Å². The van der Waals surface area contributed by atoms with Gasteiger partial charge >= 0.3 is 0 Å². The maximum absolute atomic E-state index is 11.0. The van der Waals surface area contributed by atoms with Crippen LogP contribution >= 0.6 is 23.2 Å². The average Bonchev–Trinajstić information content (AvgIpc) is 2.63. The first kappa shape index (κ1) is 21.2. The number of anilines is 1. The minimum Gasteiger partial charge on any atom is -0.365 e. The second-order valence-corrected chi connectivity index (χ2v) is 7.12. The summed E-state index contributed by atoms with van der Waals surface area (Å²) >= 11 is 12.2. The van der Waals surface area contributed by atoms with E-state index >= 15 is 0 Å². The molecule has 27 heavy (non-hydrogen) atoms. The number of hydrogen-bond donors (Lipinski definition) is 3. The Hall–Kier alpha value is -2.12. The number of amides is 1. The summed E-state index contributed by atoms with van der Waals surface area (Å²) in [5.74, 6) is -0.0431. The third-order valence-corrected chi connectivity index (χ3v) is 4.27. The van der Waals surface area contributed by atoms with Crippen molar-refractivity contribution in [1.29, 1.82) is 0 Å². The summed E-state index contributed by atoms with van der Waals surface area (Å²) in [7, 11) is 2.04. The summed E-state index contributed by atoms with van der Waals surface area (Å²) in [6.07, 6.45) is 4.30. The first-order chi connectivity index (χ1) is 12.9. The lowest BCUT2D eigenvalue weighted by molar-refractivity contribution is -0.124. The van der Waals surface area contributed by atoms with Crippen LogP contribution in [0.25, 0.3) is 6.08 Å². The topological polar surface area (TPSA) is 77.5 Å². The summed E-state index contributed by atoms with van der Waals surface area (Å²) in [6.45, 7) is 3.65. The molecule has 1 aromatic heterocycles. The van der Waals surface area contributed by atoms with Crippen molar-refractivity contribution in [3.05, 3.63) is 63.8 Å². The molecule has 0 aliphatic rings. The van der Waals surface area contributed by atoms with Crippen LogP contribution in [0.3, 0.4) is 0 Å². The molecular weight excluding hydrogens is 387 g/mol. The van der Waals surface area contributed by atoms with E-state index < -0.39 is 5.91 Å². The molecule has 144 valence electrons. The maximum Gasteiger partial charge on any atom is 0.267 e. The fraction of sp³-hybridized carbons (Fsp3) is 0.263. The SMILES string of the molecule is C[C@H](CN(C)Cc1ccc(Cl)cc1)Nc1ncc(/C=C/C(=O)NO)cc1Cl. The van der Waals surface area contributed by atoms with Gasteiger partial charge in [-0.05, 0) is 49.4 Å². The molecule has 3 N–H and O–H groups in total. The molecule has 0 spiro atoms. The Morgan fingerprint density at radius 3 is 2.67 bits per heavy atom. The summed E-state index contributed by atoms with van der Waals surface area (Å²) in [4.78, 5) is 17.5. The zero-order valence-electron chi connectivity index (χ0n) is 15.1. The Labute approximate surface area is 168 Å². The van der Waals surface area contributed by atoms with E-state index in [1.807, 2.05) is 31.3 Å². The Morgan fingerprint density at radius 2 is 2.04 bits per heavy atom. The number of carbonyl (C=O) groups is 1. The summed E-state index contributed by atoms with van der Waals surface area (Å²) in [5.41, 5.74) is 3.37. The molecule has 8 heteroatoms. The fourth-order valence-corrected chi connectivity index (χ4v) is 2.93. The van der Waals surface area contributed by atoms with E-state index in [-0.39, 0.29) is 6.04 Å². The quantitative estimate of drug-likeness (QED) is 0.351. The Balaban J connectivity index is 1.90. The second kappa shape index (κ2) is 10.3. The van der Waals surface area contributed by atoms with Crippen LogP contribution in [0.15, 0.2) is 42.6 Å². The smallest absolute Gasteiger partial charge is 0.267 e. The number of hydrogen-bond acceptors (Lipinski definition) is 5. The largest absolute Gasteiger partial charge is 0.365 e. The molecule has 1 amide bonds. The number of aromatic nitrogens is 1. The molecule has 1 heterocycles. The van der Waals surface area contributed by atoms with E-state index in [4.69, 9.17) is 28.4 Å². The van der Waals surface area contributed by atoms with Crippen LogP contribution in [0.4, 0.5) is 5.82 Å². The summed E-state index contributed by atoms with van der Waals surface area (Å²) in [5, 5.41) is 12.9. The van der Waals surface area contributed by atoms with Gasteiger partial charge in [0.2, 0.25) is 0 Å². The highest BCUT2D eigenvalue weighted by molar-refractivity contribution is 6.33. The predicted molar refractivity (Wildman–Crippen MR) is 109 cm³/mol. The van der Waals surface area contributed by atoms with E-state index in [0.717, 1.165) is 18.1 Å². The normalized spacial score (nSPS) is 12.4. The van der Waals surface area contributed by atoms with E-state index in [1.165, 1.54) is 23.2 Å². The Bertz CT molecular complexity index is 797. The summed E-state index contributed by atoms with van der Waals surface area (Å²) in [6, 6.07) is 9.61. The maximum atomic E-state index is 11.0. The van der Waals surface area contributed by atoms with E-state index in [0.29, 0.717) is 16.4 Å². The van der Waals surface area contributed by atoms with Gasteiger partial charge in [-0.1, -0.05) is 35.3 Å². The van der Waals surface area contributed by atoms with Crippen LogP contribution in [-0.2, 0) is 11.3 Å². The molecule has 0 aliphatic carbocycles. The monoisotopic (exact) mass is 408 g/mol. The molecular formula is C19H22Cl2N4O2. The highest BCUT2D eigenvalue weighted by Crippen LogP contribution is 2.21. The lowest BCUT2D eigenvalue weighted by Gasteiger charge is -2.23. The lowest BCUT2D eigenvalue weighted by atomic mass is 10.2. The molecule has 0 unspecified atom stereocenters. The van der Waals surface area contributed by atoms with Crippen LogP contribution in [0.1, 0.15) is 18.1 Å². The molecule has 0 fully saturated rings. The molecule has 0 radical (unpaired) electrons. The van der Waals surface area contributed by atoms with Gasteiger partial charge in [-0.15, -0.1) is 0 Å². The third kappa shape index (κ3) is 7.19. The van der Waals surface area contributed by atoms with E-state index in [1.54, 1.807) is 12.3 Å². The highest BCUT2D eigenvalue weighted by Gasteiger charge is 2.10. The van der Waals surface area contributed by atoms with Crippen molar-refractivity contribution >= 4 is 41.0 Å². The van der Waals surface area contributed by atoms with Crippen LogP contribution in [0, 0.1) is 0 Å². The zero-order chi connectivity index (χ0) is 19.8. The fourth-order valence-electron chi connectivity index (χ4n) is 2.57. The number of nitrogens with one attached hydrogen (secondary N) is 2. The molecule has 6 nitrogen and oxygen atoms in total. The van der Waals surface area contributed by atoms with Crippen LogP contribution in [0.5, 0.6) is 0 Å². The van der Waals surface area contributed by atoms with Gasteiger partial charge in [-0.2, -0.15) is 0 Å². The minimum atomic E-state index is -0.620. The number of hydroxylamine groups is 1. The van der Waals surface area contributed by atoms with Crippen LogP contribution in [0.2, 0.25) is 10.0 Å². The van der Waals surface area contributed by atoms with Crippen LogP contribution < -0.4 is 10.8 Å². The standard InChI is InChI=1S/C19H22Cl2N4O2/c1-13(11-25(2)12-14-3-6-16(20)7-4-14)23-19-17(21)9-15(10-22-19)5-8-18(26)24-27/h3-10,13,27H,11-12H2,1-2H3,(H,22,23)(H,24,26)/b8-5+/t13-/m1/s1. The number of pyridine rings is 1. The van der Waals surface area contributed by atoms with Gasteiger partial charge < -0.3 is 10.2 Å². The van der Waals surface area contributed by atoms with Gasteiger partial charge in [0.15, 0.2) is 0 Å². The number of rotatable bonds is 8. The van der Waals surface area contributed by atoms with E-state index in [2.05, 4.69) is 22.1 Å². The predicted octanol–water partition coefficient (Wildman–Crippen LogP) is 3.84. The van der Waals surface area contributed by atoms with Gasteiger partial charge in [0.05, 0.1) is 5.02 Å². The first-order valence-corrected chi connectivity index (χ1v) is 9.10. The molecule has 0 aliphatic heterocycles. The van der Waals surface area contributed by atoms with Gasteiger partial charge in [-0.25, -0.2) is 10.5 Å². The van der Waals surface area contributed by atoms with Gasteiger partial charge in [0.1, 0.15) is 5.82 Å². The Kier molecular flexibility index (Phi) is 8.06. The first-order valence-electron chi connectivity index (χ1n) is 8.34. The lowest BCUT2D eigenvalue weighted by Crippen LogP contribution is -2.32. The zero-order valence-corrected chi connectivity index (χ0v) is 16.6. The van der Waals surface area contributed by atoms with Crippen molar-refractivity contribution in [2.24, 2.45) is 0 Å². The van der Waals surface area contributed by atoms with E-state index in [9.17, 15) is 4.79 Å². The summed E-state index contributed by atoms with van der Waals surface area (Å²) < 4.78 is 0. The molecule has 2 aromatic rings. The van der Waals surface area contributed by atoms with Gasteiger partial charge in [-0.3, -0.25) is 10.0 Å². The van der Waals surface area contributed by atoms with Crippen molar-refractivity contribution < 1.29 is 10.0 Å². The van der Waals surface area contributed by atoms with Crippen molar-refractivity contribution in [2.45, 2.75) is 19.5 Å². The number of nitrogens with zero attached hydrogens (tertiary/aromatic N) is 2. The average molecular weight is 409 g/mol. The minimum absolute atomic E-state index is 0.119. The Morgan fingerprint density at radius 1 is 1.33 bits per heavy atom. The second-order valence-electron chi connectivity index (χ2n) is 6.28. The number of carbonyl (C=O) groups excluding carboxylic acids is 1. The molecule has 0 bridgehead atoms.